The molecule has 1 aromatic heterocycles. The number of amides is 1. The lowest BCUT2D eigenvalue weighted by molar-refractivity contribution is -0.124. The van der Waals surface area contributed by atoms with Gasteiger partial charge in [0.25, 0.3) is 0 Å². The average Bonchev–Trinajstić information content (AvgIpc) is 2.92. The van der Waals surface area contributed by atoms with Gasteiger partial charge in [-0.1, -0.05) is 0 Å². The number of hydrogen-bond acceptors (Lipinski definition) is 4. The predicted octanol–water partition coefficient (Wildman–Crippen LogP) is 0.790. The SMILES string of the molecule is CSCC[C@H](C(=O)NCCS(=O)(=O)N(C)C)n1cccc1. The van der Waals surface area contributed by atoms with E-state index in [-0.39, 0.29) is 24.2 Å². The first-order valence-corrected chi connectivity index (χ1v) is 9.68. The van der Waals surface area contributed by atoms with Crippen LogP contribution in [0.2, 0.25) is 0 Å². The molecule has 0 aromatic carbocycles. The third kappa shape index (κ3) is 5.72. The number of aromatic nitrogens is 1. The number of nitrogens with one attached hydrogen (secondary N) is 1. The maximum atomic E-state index is 12.3. The van der Waals surface area contributed by atoms with E-state index in [0.29, 0.717) is 6.42 Å². The smallest absolute Gasteiger partial charge is 0.243 e. The highest BCUT2D eigenvalue weighted by Gasteiger charge is 2.20. The van der Waals surface area contributed by atoms with E-state index in [2.05, 4.69) is 5.32 Å². The molecule has 0 fully saturated rings. The Bertz CT molecular complexity index is 527. The minimum Gasteiger partial charge on any atom is -0.353 e. The van der Waals surface area contributed by atoms with Gasteiger partial charge in [-0.25, -0.2) is 12.7 Å². The van der Waals surface area contributed by atoms with Gasteiger partial charge >= 0.3 is 0 Å². The Morgan fingerprint density at radius 2 is 1.95 bits per heavy atom. The van der Waals surface area contributed by atoms with Crippen molar-refractivity contribution in [2.75, 3.05) is 38.4 Å². The van der Waals surface area contributed by atoms with Gasteiger partial charge in [0.05, 0.1) is 5.75 Å². The number of rotatable bonds is 9. The fourth-order valence-electron chi connectivity index (χ4n) is 1.80. The highest BCUT2D eigenvalue weighted by molar-refractivity contribution is 7.98. The number of sulfonamides is 1. The summed E-state index contributed by atoms with van der Waals surface area (Å²) < 4.78 is 26.3. The number of hydrogen-bond donors (Lipinski definition) is 1. The molecule has 120 valence electrons. The van der Waals surface area contributed by atoms with Gasteiger partial charge in [0.2, 0.25) is 15.9 Å². The molecule has 8 heteroatoms. The molecular formula is C13H23N3O3S2. The lowest BCUT2D eigenvalue weighted by atomic mass is 10.2. The normalized spacial score (nSPS) is 13.3. The minimum absolute atomic E-state index is 0.0906. The van der Waals surface area contributed by atoms with Crippen LogP contribution >= 0.6 is 11.8 Å². The largest absolute Gasteiger partial charge is 0.353 e. The van der Waals surface area contributed by atoms with E-state index in [9.17, 15) is 13.2 Å². The molecule has 0 radical (unpaired) electrons. The molecule has 1 rings (SSSR count). The van der Waals surface area contributed by atoms with E-state index in [1.165, 1.54) is 14.1 Å². The van der Waals surface area contributed by atoms with E-state index in [4.69, 9.17) is 0 Å². The third-order valence-electron chi connectivity index (χ3n) is 3.10. The van der Waals surface area contributed by atoms with Crippen LogP contribution in [-0.4, -0.2) is 61.6 Å². The van der Waals surface area contributed by atoms with Gasteiger partial charge in [-0.2, -0.15) is 11.8 Å². The summed E-state index contributed by atoms with van der Waals surface area (Å²) >= 11 is 1.68. The molecular weight excluding hydrogens is 310 g/mol. The summed E-state index contributed by atoms with van der Waals surface area (Å²) in [7, 11) is -0.314. The van der Waals surface area contributed by atoms with Crippen molar-refractivity contribution in [2.24, 2.45) is 0 Å². The van der Waals surface area contributed by atoms with Crippen molar-refractivity contribution in [3.63, 3.8) is 0 Å². The van der Waals surface area contributed by atoms with Crippen LogP contribution in [0.4, 0.5) is 0 Å². The molecule has 1 aromatic rings. The molecule has 1 N–H and O–H groups in total. The Morgan fingerprint density at radius 1 is 1.33 bits per heavy atom. The van der Waals surface area contributed by atoms with E-state index in [0.717, 1.165) is 10.1 Å². The van der Waals surface area contributed by atoms with Gasteiger partial charge in [0, 0.05) is 33.0 Å². The molecule has 0 aliphatic carbocycles. The second-order valence-electron chi connectivity index (χ2n) is 4.82. The Balaban J connectivity index is 2.58. The number of carbonyl (C=O) groups excluding carboxylic acids is 1. The zero-order chi connectivity index (χ0) is 15.9. The molecule has 1 atom stereocenters. The van der Waals surface area contributed by atoms with Gasteiger partial charge in [0.1, 0.15) is 6.04 Å². The second kappa shape index (κ2) is 8.45. The second-order valence-corrected chi connectivity index (χ2v) is 8.10. The van der Waals surface area contributed by atoms with Crippen LogP contribution in [-0.2, 0) is 14.8 Å². The van der Waals surface area contributed by atoms with Crippen LogP contribution < -0.4 is 5.32 Å². The summed E-state index contributed by atoms with van der Waals surface area (Å²) in [6.45, 7) is 0.121. The molecule has 21 heavy (non-hydrogen) atoms. The van der Waals surface area contributed by atoms with E-state index in [1.54, 1.807) is 11.8 Å². The van der Waals surface area contributed by atoms with Gasteiger partial charge < -0.3 is 9.88 Å². The molecule has 0 unspecified atom stereocenters. The van der Waals surface area contributed by atoms with Crippen LogP contribution in [0.5, 0.6) is 0 Å². The Morgan fingerprint density at radius 3 is 2.48 bits per heavy atom. The van der Waals surface area contributed by atoms with E-state index in [1.807, 2.05) is 35.3 Å². The molecule has 0 saturated heterocycles. The first kappa shape index (κ1) is 18.1. The van der Waals surface area contributed by atoms with Crippen LogP contribution in [0.15, 0.2) is 24.5 Å². The summed E-state index contributed by atoms with van der Waals surface area (Å²) in [4.78, 5) is 12.3. The van der Waals surface area contributed by atoms with Crippen molar-refractivity contribution in [2.45, 2.75) is 12.5 Å². The molecule has 1 heterocycles. The fraction of sp³-hybridized carbons (Fsp3) is 0.615. The first-order chi connectivity index (χ1) is 9.88. The zero-order valence-corrected chi connectivity index (χ0v) is 14.3. The molecule has 0 aliphatic rings. The Hall–Kier alpha value is -0.990. The van der Waals surface area contributed by atoms with E-state index >= 15 is 0 Å². The van der Waals surface area contributed by atoms with Crippen molar-refractivity contribution >= 4 is 27.7 Å². The van der Waals surface area contributed by atoms with Crippen molar-refractivity contribution in [1.82, 2.24) is 14.2 Å². The summed E-state index contributed by atoms with van der Waals surface area (Å²) in [6.07, 6.45) is 6.40. The average molecular weight is 333 g/mol. The van der Waals surface area contributed by atoms with Crippen molar-refractivity contribution < 1.29 is 13.2 Å². The van der Waals surface area contributed by atoms with Crippen molar-refractivity contribution in [1.29, 1.82) is 0 Å². The van der Waals surface area contributed by atoms with Gasteiger partial charge in [0.15, 0.2) is 0 Å². The van der Waals surface area contributed by atoms with E-state index < -0.39 is 10.0 Å². The van der Waals surface area contributed by atoms with Gasteiger partial charge in [-0.3, -0.25) is 4.79 Å². The summed E-state index contributed by atoms with van der Waals surface area (Å²) in [5.41, 5.74) is 0. The quantitative estimate of drug-likeness (QED) is 0.725. The summed E-state index contributed by atoms with van der Waals surface area (Å²) in [5, 5.41) is 2.72. The molecule has 0 spiro atoms. The maximum absolute atomic E-state index is 12.3. The molecule has 0 bridgehead atoms. The van der Waals surface area contributed by atoms with Gasteiger partial charge in [-0.05, 0) is 30.6 Å². The minimum atomic E-state index is -3.28. The molecule has 6 nitrogen and oxygen atoms in total. The molecule has 0 saturated carbocycles. The number of nitrogens with zero attached hydrogens (tertiary/aromatic N) is 2. The summed E-state index contributed by atoms with van der Waals surface area (Å²) in [5.74, 6) is 0.632. The standard InChI is InChI=1S/C13H23N3O3S2/c1-15(2)21(18,19)11-7-14-13(17)12(6-10-20-3)16-8-4-5-9-16/h4-5,8-9,12H,6-7,10-11H2,1-3H3,(H,14,17)/t12-/m1/s1. The Labute approximate surface area is 130 Å². The van der Waals surface area contributed by atoms with Crippen LogP contribution in [0.1, 0.15) is 12.5 Å². The number of carbonyl (C=O) groups is 1. The predicted molar refractivity (Wildman–Crippen MR) is 87.0 cm³/mol. The van der Waals surface area contributed by atoms with Crippen LogP contribution in [0, 0.1) is 0 Å². The van der Waals surface area contributed by atoms with Crippen LogP contribution in [0.3, 0.4) is 0 Å². The Kier molecular flexibility index (Phi) is 7.27. The first-order valence-electron chi connectivity index (χ1n) is 6.68. The lowest BCUT2D eigenvalue weighted by Crippen LogP contribution is -2.37. The molecule has 1 amide bonds. The number of thioether (sulfide) groups is 1. The lowest BCUT2D eigenvalue weighted by Gasteiger charge is -2.19. The zero-order valence-electron chi connectivity index (χ0n) is 12.7. The van der Waals surface area contributed by atoms with Crippen LogP contribution in [0.25, 0.3) is 0 Å². The highest BCUT2D eigenvalue weighted by Crippen LogP contribution is 2.15. The highest BCUT2D eigenvalue weighted by atomic mass is 32.2. The fourth-order valence-corrected chi connectivity index (χ4v) is 2.99. The third-order valence-corrected chi connectivity index (χ3v) is 5.58. The van der Waals surface area contributed by atoms with Crippen molar-refractivity contribution in [3.05, 3.63) is 24.5 Å². The summed E-state index contributed by atoms with van der Waals surface area (Å²) in [6, 6.07) is 3.45. The van der Waals surface area contributed by atoms with Gasteiger partial charge in [-0.15, -0.1) is 0 Å². The monoisotopic (exact) mass is 333 g/mol. The van der Waals surface area contributed by atoms with Crippen molar-refractivity contribution in [3.8, 4) is 0 Å². The molecule has 0 aliphatic heterocycles. The maximum Gasteiger partial charge on any atom is 0.243 e. The topological polar surface area (TPSA) is 71.4 Å².